The molecular weight excluding hydrogens is 1010 g/mol. The summed E-state index contributed by atoms with van der Waals surface area (Å²) < 4.78 is 28.8. The van der Waals surface area contributed by atoms with Gasteiger partial charge in [-0.05, 0) is 67.8 Å². The number of amides is 5. The number of unbranched alkanes of at least 4 members (excludes halogenated alkanes) is 1. The Labute approximate surface area is 446 Å². The van der Waals surface area contributed by atoms with Crippen molar-refractivity contribution in [3.8, 4) is 5.75 Å². The van der Waals surface area contributed by atoms with E-state index in [4.69, 9.17) is 23.7 Å². The molecule has 2 aromatic carbocycles. The first-order valence-electron chi connectivity index (χ1n) is 25.4. The number of aromatic nitrogens is 1. The minimum Gasteiger partial charge on any atom is -0.496 e. The molecule has 0 saturated carbocycles. The minimum absolute atomic E-state index is 0.0536. The molecule has 0 spiro atoms. The van der Waals surface area contributed by atoms with Crippen LogP contribution >= 0.6 is 34.9 Å². The molecule has 3 atom stereocenters. The van der Waals surface area contributed by atoms with Gasteiger partial charge in [-0.3, -0.25) is 29.3 Å². The fraction of sp³-hybridized carbons (Fsp3) is 0.538. The van der Waals surface area contributed by atoms with Crippen LogP contribution in [-0.4, -0.2) is 191 Å². The predicted molar refractivity (Wildman–Crippen MR) is 288 cm³/mol. The molecule has 0 aliphatic carbocycles. The van der Waals surface area contributed by atoms with E-state index in [1.54, 1.807) is 35.2 Å². The van der Waals surface area contributed by atoms with E-state index in [-0.39, 0.29) is 29.5 Å². The number of carbonyl (C=O) groups is 5. The fourth-order valence-electron chi connectivity index (χ4n) is 9.03. The number of nitrogens with one attached hydrogen (secondary N) is 4. The molecule has 19 nitrogen and oxygen atoms in total. The van der Waals surface area contributed by atoms with Crippen molar-refractivity contribution >= 4 is 75.2 Å². The maximum atomic E-state index is 13.6. The lowest BCUT2D eigenvalue weighted by Crippen LogP contribution is -2.50. The molecule has 4 saturated heterocycles. The van der Waals surface area contributed by atoms with Crippen LogP contribution in [0, 0.1) is 6.92 Å². The van der Waals surface area contributed by atoms with E-state index in [1.807, 2.05) is 47.9 Å². The number of rotatable bonds is 28. The van der Waals surface area contributed by atoms with Gasteiger partial charge in [-0.25, -0.2) is 4.98 Å². The first-order chi connectivity index (χ1) is 36.0. The van der Waals surface area contributed by atoms with Crippen molar-refractivity contribution in [2.45, 2.75) is 65.5 Å². The SMILES string of the molecule is C=CC(=O)N1CCN(C(=O)c2cc(Sc3cnc(NC(=O)c4ccc(N5CCN(C(=O)CCOCCOCCOCCOCCNC(=O)CCCCC6SCC7NC(=C)NC76)CC5)cc4)s3)c(C)cc2OC)CC1. The van der Waals surface area contributed by atoms with Crippen molar-refractivity contribution in [3.63, 3.8) is 0 Å². The topological polar surface area (TPSA) is 205 Å². The van der Waals surface area contributed by atoms with Gasteiger partial charge < -0.3 is 59.2 Å². The Kier molecular flexibility index (Phi) is 22.1. The number of carbonyl (C=O) groups excluding carboxylic acids is 5. The standard InChI is InChI=1S/C52H71N9O10S3/c1-5-46(63)59-20-22-61(23-21-59)51(66)40-33-44(36(2)32-42(40)67-4)73-48-34-54-52(74-48)57-50(65)38-10-12-39(13-11-38)58-16-18-60(19-17-58)47(64)14-24-68-26-28-70-30-31-71-29-27-69-25-15-53-45(62)9-7-6-8-43-49-41(35-72-43)55-37(3)56-49/h5,10-13,32-34,41,43,49,55-56H,1,3,6-9,14-31,35H2,2,4H3,(H,53,62)(H,54,57,65). The summed E-state index contributed by atoms with van der Waals surface area (Å²) in [5.74, 6) is 2.04. The number of hydrogen-bond donors (Lipinski definition) is 4. The fourth-order valence-corrected chi connectivity index (χ4v) is 12.5. The zero-order valence-electron chi connectivity index (χ0n) is 42.6. The summed E-state index contributed by atoms with van der Waals surface area (Å²) in [6.07, 6.45) is 6.85. The van der Waals surface area contributed by atoms with E-state index in [1.165, 1.54) is 29.2 Å². The summed E-state index contributed by atoms with van der Waals surface area (Å²) in [5, 5.41) is 13.7. The van der Waals surface area contributed by atoms with Crippen LogP contribution in [-0.2, 0) is 33.3 Å². The van der Waals surface area contributed by atoms with Crippen LogP contribution in [0.4, 0.5) is 10.8 Å². The van der Waals surface area contributed by atoms with Gasteiger partial charge in [-0.2, -0.15) is 11.8 Å². The number of anilines is 2. The zero-order chi connectivity index (χ0) is 52.2. The van der Waals surface area contributed by atoms with Gasteiger partial charge in [0.05, 0.1) is 100 Å². The molecule has 22 heteroatoms. The Bertz CT molecular complexity index is 2380. The number of hydrogen-bond acceptors (Lipinski definition) is 17. The quantitative estimate of drug-likeness (QED) is 0.0578. The van der Waals surface area contributed by atoms with Crippen molar-refractivity contribution in [2.75, 3.05) is 135 Å². The van der Waals surface area contributed by atoms with Gasteiger partial charge in [-0.15, -0.1) is 0 Å². The van der Waals surface area contributed by atoms with Gasteiger partial charge in [-0.1, -0.05) is 42.7 Å². The number of thiazole rings is 1. The second-order valence-electron chi connectivity index (χ2n) is 18.2. The van der Waals surface area contributed by atoms with Gasteiger partial charge in [0.2, 0.25) is 17.7 Å². The molecule has 402 valence electrons. The van der Waals surface area contributed by atoms with E-state index < -0.39 is 0 Å². The average molecular weight is 1080 g/mol. The lowest BCUT2D eigenvalue weighted by atomic mass is 10.0. The molecule has 4 N–H and O–H groups in total. The Balaban J connectivity index is 0.687. The summed E-state index contributed by atoms with van der Waals surface area (Å²) in [4.78, 5) is 76.8. The third-order valence-corrected chi connectivity index (χ3v) is 16.8. The van der Waals surface area contributed by atoms with Crippen LogP contribution in [0.15, 0.2) is 76.8 Å². The van der Waals surface area contributed by atoms with E-state index in [2.05, 4.69) is 44.3 Å². The highest BCUT2D eigenvalue weighted by Crippen LogP contribution is 2.39. The predicted octanol–water partition coefficient (Wildman–Crippen LogP) is 4.63. The molecule has 0 bridgehead atoms. The van der Waals surface area contributed by atoms with Gasteiger partial charge in [0.25, 0.3) is 11.8 Å². The maximum absolute atomic E-state index is 13.6. The van der Waals surface area contributed by atoms with Gasteiger partial charge >= 0.3 is 0 Å². The summed E-state index contributed by atoms with van der Waals surface area (Å²) in [7, 11) is 1.54. The molecule has 3 unspecified atom stereocenters. The Morgan fingerprint density at radius 3 is 2.18 bits per heavy atom. The van der Waals surface area contributed by atoms with E-state index in [0.717, 1.165) is 51.2 Å². The second-order valence-corrected chi connectivity index (χ2v) is 21.8. The van der Waals surface area contributed by atoms with E-state index in [9.17, 15) is 24.0 Å². The Hall–Kier alpha value is -5.36. The number of aryl methyl sites for hydroxylation is 1. The van der Waals surface area contributed by atoms with E-state index in [0.29, 0.717) is 164 Å². The molecule has 0 radical (unpaired) electrons. The van der Waals surface area contributed by atoms with Gasteiger partial charge in [0.1, 0.15) is 5.75 Å². The van der Waals surface area contributed by atoms with Gasteiger partial charge in [0.15, 0.2) is 5.13 Å². The van der Waals surface area contributed by atoms with Crippen LogP contribution in [0.3, 0.4) is 0 Å². The molecule has 1 aromatic heterocycles. The van der Waals surface area contributed by atoms with Crippen molar-refractivity contribution in [1.82, 2.24) is 35.6 Å². The summed E-state index contributed by atoms with van der Waals surface area (Å²) in [6, 6.07) is 12.0. The van der Waals surface area contributed by atoms with Crippen molar-refractivity contribution in [3.05, 3.63) is 84.3 Å². The molecule has 4 aliphatic rings. The third-order valence-electron chi connectivity index (χ3n) is 13.1. The highest BCUT2D eigenvalue weighted by atomic mass is 32.2. The number of nitrogens with zero attached hydrogens (tertiary/aromatic N) is 5. The van der Waals surface area contributed by atoms with Crippen molar-refractivity contribution in [2.24, 2.45) is 0 Å². The lowest BCUT2D eigenvalue weighted by Gasteiger charge is -2.36. The van der Waals surface area contributed by atoms with Crippen LogP contribution in [0.1, 0.15) is 58.4 Å². The van der Waals surface area contributed by atoms with E-state index >= 15 is 0 Å². The van der Waals surface area contributed by atoms with Crippen LogP contribution in [0.2, 0.25) is 0 Å². The first kappa shape index (κ1) is 56.4. The zero-order valence-corrected chi connectivity index (χ0v) is 45.0. The Morgan fingerprint density at radius 1 is 0.824 bits per heavy atom. The average Bonchev–Trinajstić information content (AvgIpc) is 4.14. The number of methoxy groups -OCH3 is 1. The first-order valence-corrected chi connectivity index (χ1v) is 28.1. The van der Waals surface area contributed by atoms with Gasteiger partial charge in [0, 0.05) is 92.5 Å². The monoisotopic (exact) mass is 1080 g/mol. The molecular formula is C52H71N9O10S3. The molecule has 74 heavy (non-hydrogen) atoms. The second kappa shape index (κ2) is 29.1. The van der Waals surface area contributed by atoms with Crippen LogP contribution < -0.4 is 30.9 Å². The largest absolute Gasteiger partial charge is 0.496 e. The number of benzene rings is 2. The third kappa shape index (κ3) is 16.6. The normalized spacial score (nSPS) is 18.4. The van der Waals surface area contributed by atoms with Crippen molar-refractivity contribution in [1.29, 1.82) is 0 Å². The summed E-state index contributed by atoms with van der Waals surface area (Å²) >= 11 is 4.80. The Morgan fingerprint density at radius 2 is 1.49 bits per heavy atom. The lowest BCUT2D eigenvalue weighted by molar-refractivity contribution is -0.132. The summed E-state index contributed by atoms with van der Waals surface area (Å²) in [6.45, 7) is 17.5. The number of thioether (sulfide) groups is 1. The molecule has 5 amide bonds. The minimum atomic E-state index is -0.279. The highest BCUT2D eigenvalue weighted by molar-refractivity contribution is 8.01. The smallest absolute Gasteiger partial charge is 0.257 e. The molecule has 5 heterocycles. The van der Waals surface area contributed by atoms with Crippen LogP contribution in [0.5, 0.6) is 5.75 Å². The highest BCUT2D eigenvalue weighted by Gasteiger charge is 2.40. The maximum Gasteiger partial charge on any atom is 0.257 e. The molecule has 3 aromatic rings. The molecule has 4 fully saturated rings. The van der Waals surface area contributed by atoms with Crippen LogP contribution in [0.25, 0.3) is 0 Å². The number of piperazine rings is 2. The molecule has 7 rings (SSSR count). The number of fused-ring (bicyclic) bond motifs is 1. The molecule has 4 aliphatic heterocycles. The number of ether oxygens (including phenoxy) is 5. The summed E-state index contributed by atoms with van der Waals surface area (Å²) in [5.41, 5.74) is 2.83. The van der Waals surface area contributed by atoms with Crippen molar-refractivity contribution < 1.29 is 47.7 Å².